The quantitative estimate of drug-likeness (QED) is 0.306. The monoisotopic (exact) mass is 548 g/mol. The summed E-state index contributed by atoms with van der Waals surface area (Å²) in [5, 5.41) is 8.28. The van der Waals surface area contributed by atoms with E-state index >= 15 is 0 Å². The highest BCUT2D eigenvalue weighted by atomic mass is 127. The number of benzene rings is 1. The lowest BCUT2D eigenvalue weighted by Gasteiger charge is -2.12. The molecule has 1 aromatic carbocycles. The van der Waals surface area contributed by atoms with Gasteiger partial charge in [0.1, 0.15) is 5.75 Å². The van der Waals surface area contributed by atoms with Crippen LogP contribution in [0.5, 0.6) is 5.75 Å². The van der Waals surface area contributed by atoms with Crippen LogP contribution in [-0.2, 0) is 19.0 Å². The fourth-order valence-corrected chi connectivity index (χ4v) is 3.31. The third-order valence-corrected chi connectivity index (χ3v) is 4.90. The van der Waals surface area contributed by atoms with Gasteiger partial charge in [-0.2, -0.15) is 13.2 Å². The zero-order valence-electron chi connectivity index (χ0n) is 15.3. The Morgan fingerprint density at radius 1 is 1.25 bits per heavy atom. The van der Waals surface area contributed by atoms with Crippen molar-refractivity contribution in [2.75, 3.05) is 27.2 Å². The molecular weight excluding hydrogens is 528 g/mol. The highest BCUT2D eigenvalue weighted by molar-refractivity contribution is 14.0. The lowest BCUT2D eigenvalue weighted by atomic mass is 10.1. The molecule has 2 N–H and O–H groups in total. The van der Waals surface area contributed by atoms with Crippen molar-refractivity contribution in [3.8, 4) is 5.75 Å². The molecule has 28 heavy (non-hydrogen) atoms. The molecule has 156 valence electrons. The molecule has 0 aliphatic carbocycles. The summed E-state index contributed by atoms with van der Waals surface area (Å²) >= 11 is 7.20. The molecule has 0 radical (unpaired) electrons. The van der Waals surface area contributed by atoms with E-state index in [2.05, 4.69) is 20.6 Å². The van der Waals surface area contributed by atoms with Gasteiger partial charge in [-0.3, -0.25) is 4.99 Å². The third-order valence-electron chi connectivity index (χ3n) is 3.64. The van der Waals surface area contributed by atoms with Crippen LogP contribution in [0.1, 0.15) is 16.3 Å². The number of thiazole rings is 1. The minimum Gasteiger partial charge on any atom is -0.497 e. The van der Waals surface area contributed by atoms with E-state index in [0.29, 0.717) is 47.7 Å². The van der Waals surface area contributed by atoms with Crippen LogP contribution in [-0.4, -0.2) is 38.2 Å². The van der Waals surface area contributed by atoms with Crippen LogP contribution in [0.2, 0.25) is 5.02 Å². The Bertz CT molecular complexity index is 786. The predicted octanol–water partition coefficient (Wildman–Crippen LogP) is 4.39. The highest BCUT2D eigenvalue weighted by Crippen LogP contribution is 2.30. The van der Waals surface area contributed by atoms with Crippen LogP contribution in [0.3, 0.4) is 0 Å². The first-order valence-electron chi connectivity index (χ1n) is 8.12. The van der Waals surface area contributed by atoms with Gasteiger partial charge in [0.15, 0.2) is 11.7 Å². The molecule has 11 heteroatoms. The number of methoxy groups -OCH3 is 1. The van der Waals surface area contributed by atoms with Crippen LogP contribution >= 0.6 is 46.9 Å². The van der Waals surface area contributed by atoms with Gasteiger partial charge in [0.05, 0.1) is 12.1 Å². The molecule has 0 spiro atoms. The maximum Gasteiger partial charge on any atom is 0.434 e. The number of aliphatic imine (C=N–C) groups is 1. The summed E-state index contributed by atoms with van der Waals surface area (Å²) in [5.41, 5.74) is 0.129. The first kappa shape index (κ1) is 24.8. The second kappa shape index (κ2) is 11.7. The fraction of sp³-hybridized carbons (Fsp3) is 0.412. The van der Waals surface area contributed by atoms with Gasteiger partial charge in [0.2, 0.25) is 0 Å². The van der Waals surface area contributed by atoms with Crippen molar-refractivity contribution in [1.29, 1.82) is 0 Å². The summed E-state index contributed by atoms with van der Waals surface area (Å²) in [6, 6.07) is 5.50. The SMILES string of the molecule is CN=C(NCCc1nc(C(F)(F)F)cs1)NCCc1ccc(OC)cc1Cl.I. The first-order chi connectivity index (χ1) is 12.8. The first-order valence-corrected chi connectivity index (χ1v) is 9.37. The van der Waals surface area contributed by atoms with Crippen LogP contribution in [0.15, 0.2) is 28.6 Å². The Balaban J connectivity index is 0.00000392. The average molecular weight is 549 g/mol. The number of guanidine groups is 1. The van der Waals surface area contributed by atoms with Gasteiger partial charge in [0.25, 0.3) is 0 Å². The number of ether oxygens (including phenoxy) is 1. The van der Waals surface area contributed by atoms with E-state index in [0.717, 1.165) is 22.3 Å². The summed E-state index contributed by atoms with van der Waals surface area (Å²) in [6.45, 7) is 1.02. The zero-order valence-corrected chi connectivity index (χ0v) is 19.2. The van der Waals surface area contributed by atoms with Gasteiger partial charge in [-0.25, -0.2) is 4.98 Å². The number of rotatable bonds is 7. The largest absolute Gasteiger partial charge is 0.497 e. The Morgan fingerprint density at radius 3 is 2.46 bits per heavy atom. The maximum atomic E-state index is 12.5. The normalized spacial score (nSPS) is 11.7. The lowest BCUT2D eigenvalue weighted by molar-refractivity contribution is -0.140. The van der Waals surface area contributed by atoms with Crippen molar-refractivity contribution in [2.45, 2.75) is 19.0 Å². The van der Waals surface area contributed by atoms with Crippen LogP contribution < -0.4 is 15.4 Å². The Labute approximate surface area is 187 Å². The number of hydrogen-bond acceptors (Lipinski definition) is 4. The summed E-state index contributed by atoms with van der Waals surface area (Å²) in [6.07, 6.45) is -3.33. The molecular formula is C17H21ClF3IN4OS. The second-order valence-electron chi connectivity index (χ2n) is 5.51. The summed E-state index contributed by atoms with van der Waals surface area (Å²) in [7, 11) is 3.21. The van der Waals surface area contributed by atoms with E-state index in [1.165, 1.54) is 0 Å². The zero-order chi connectivity index (χ0) is 19.9. The highest BCUT2D eigenvalue weighted by Gasteiger charge is 2.33. The fourth-order valence-electron chi connectivity index (χ4n) is 2.24. The van der Waals surface area contributed by atoms with Gasteiger partial charge in [-0.1, -0.05) is 17.7 Å². The number of alkyl halides is 3. The topological polar surface area (TPSA) is 58.5 Å². The van der Waals surface area contributed by atoms with Gasteiger partial charge >= 0.3 is 6.18 Å². The maximum absolute atomic E-state index is 12.5. The van der Waals surface area contributed by atoms with E-state index in [1.54, 1.807) is 20.2 Å². The molecule has 0 bridgehead atoms. The molecule has 2 aromatic rings. The van der Waals surface area contributed by atoms with Crippen molar-refractivity contribution < 1.29 is 17.9 Å². The molecule has 5 nitrogen and oxygen atoms in total. The van der Waals surface area contributed by atoms with E-state index in [1.807, 2.05) is 12.1 Å². The molecule has 0 fully saturated rings. The van der Waals surface area contributed by atoms with Gasteiger partial charge in [-0.15, -0.1) is 35.3 Å². The number of nitrogens with zero attached hydrogens (tertiary/aromatic N) is 2. The molecule has 0 aliphatic rings. The molecule has 1 aromatic heterocycles. The minimum absolute atomic E-state index is 0. The van der Waals surface area contributed by atoms with Gasteiger partial charge in [0, 0.05) is 37.0 Å². The summed E-state index contributed by atoms with van der Waals surface area (Å²) in [4.78, 5) is 7.69. The van der Waals surface area contributed by atoms with Crippen LogP contribution in [0.4, 0.5) is 13.2 Å². The Morgan fingerprint density at radius 2 is 1.93 bits per heavy atom. The van der Waals surface area contributed by atoms with E-state index < -0.39 is 11.9 Å². The number of nitrogens with one attached hydrogen (secondary N) is 2. The Kier molecular flexibility index (Phi) is 10.3. The van der Waals surface area contributed by atoms with E-state index in [-0.39, 0.29) is 24.0 Å². The number of aromatic nitrogens is 1. The molecule has 0 saturated heterocycles. The van der Waals surface area contributed by atoms with Crippen molar-refractivity contribution in [3.05, 3.63) is 44.9 Å². The van der Waals surface area contributed by atoms with Gasteiger partial charge in [-0.05, 0) is 24.1 Å². The van der Waals surface area contributed by atoms with Crippen molar-refractivity contribution in [2.24, 2.45) is 4.99 Å². The molecule has 2 rings (SSSR count). The van der Waals surface area contributed by atoms with E-state index in [4.69, 9.17) is 16.3 Å². The average Bonchev–Trinajstić information content (AvgIpc) is 3.11. The molecule has 0 amide bonds. The third kappa shape index (κ3) is 7.63. The Hall–Kier alpha value is -1.27. The van der Waals surface area contributed by atoms with Crippen molar-refractivity contribution >= 4 is 52.9 Å². The predicted molar refractivity (Wildman–Crippen MR) is 117 cm³/mol. The molecule has 0 atom stereocenters. The summed E-state index contributed by atoms with van der Waals surface area (Å²) in [5.74, 6) is 1.26. The lowest BCUT2D eigenvalue weighted by Crippen LogP contribution is -2.39. The standard InChI is InChI=1S/C17H20ClF3N4OS.HI/c1-22-16(23-7-5-11-3-4-12(26-2)9-13(11)18)24-8-6-15-25-14(10-27-15)17(19,20)21;/h3-4,9-10H,5-8H2,1-2H3,(H2,22,23,24);1H. The van der Waals surface area contributed by atoms with E-state index in [9.17, 15) is 13.2 Å². The molecule has 0 unspecified atom stereocenters. The number of halogens is 5. The van der Waals surface area contributed by atoms with Gasteiger partial charge < -0.3 is 15.4 Å². The second-order valence-corrected chi connectivity index (χ2v) is 6.86. The minimum atomic E-state index is -4.40. The smallest absolute Gasteiger partial charge is 0.434 e. The van der Waals surface area contributed by atoms with Crippen LogP contribution in [0, 0.1) is 0 Å². The molecule has 0 aliphatic heterocycles. The molecule has 1 heterocycles. The van der Waals surface area contributed by atoms with Crippen LogP contribution in [0.25, 0.3) is 0 Å². The summed E-state index contributed by atoms with van der Waals surface area (Å²) < 4.78 is 42.7. The van der Waals surface area contributed by atoms with Crippen molar-refractivity contribution in [1.82, 2.24) is 15.6 Å². The molecule has 0 saturated carbocycles. The number of hydrogen-bond donors (Lipinski definition) is 2. The van der Waals surface area contributed by atoms with Crippen molar-refractivity contribution in [3.63, 3.8) is 0 Å².